The highest BCUT2D eigenvalue weighted by Gasteiger charge is 2.50. The third-order valence-corrected chi connectivity index (χ3v) is 11.7. The first-order valence-corrected chi connectivity index (χ1v) is 18.3. The summed E-state index contributed by atoms with van der Waals surface area (Å²) in [5.41, 5.74) is 1.61. The fourth-order valence-electron chi connectivity index (χ4n) is 5.91. The van der Waals surface area contributed by atoms with Gasteiger partial charge in [-0.15, -0.1) is 11.3 Å². The van der Waals surface area contributed by atoms with Gasteiger partial charge in [-0.05, 0) is 77.9 Å². The van der Waals surface area contributed by atoms with Crippen LogP contribution in [0, 0.1) is 0 Å². The highest BCUT2D eigenvalue weighted by atomic mass is 35.5. The van der Waals surface area contributed by atoms with Crippen LogP contribution in [0.25, 0.3) is 10.1 Å². The largest absolute Gasteiger partial charge is 0.497 e. The van der Waals surface area contributed by atoms with Crippen molar-refractivity contribution in [2.45, 2.75) is 44.7 Å². The molecule has 244 valence electrons. The van der Waals surface area contributed by atoms with Crippen LogP contribution in [0.4, 0.5) is 0 Å². The Balaban J connectivity index is 1.26. The van der Waals surface area contributed by atoms with Crippen LogP contribution in [0.15, 0.2) is 72.1 Å². The lowest BCUT2D eigenvalue weighted by Crippen LogP contribution is -2.68. The lowest BCUT2D eigenvalue weighted by Gasteiger charge is -2.51. The minimum Gasteiger partial charge on any atom is -0.497 e. The van der Waals surface area contributed by atoms with Gasteiger partial charge < -0.3 is 19.3 Å². The van der Waals surface area contributed by atoms with E-state index in [2.05, 4.69) is 0 Å². The Morgan fingerprint density at radius 1 is 1.00 bits per heavy atom. The molecular weight excluding hydrogens is 644 g/mol. The summed E-state index contributed by atoms with van der Waals surface area (Å²) in [6.07, 6.45) is 1.34. The van der Waals surface area contributed by atoms with Crippen LogP contribution in [-0.4, -0.2) is 74.4 Å². The second kappa shape index (κ2) is 14.4. The maximum atomic E-state index is 14.2. The van der Waals surface area contributed by atoms with Gasteiger partial charge >= 0.3 is 0 Å². The zero-order valence-corrected chi connectivity index (χ0v) is 28.7. The molecule has 2 amide bonds. The Morgan fingerprint density at radius 3 is 2.46 bits per heavy atom. The molecule has 0 aliphatic carbocycles. The number of carbonyl (C=O) groups excluding carboxylic acids is 2. The van der Waals surface area contributed by atoms with Gasteiger partial charge in [0.25, 0.3) is 0 Å². The normalized spacial score (nSPS) is 16.2. The molecule has 1 unspecified atom stereocenters. The van der Waals surface area contributed by atoms with E-state index in [1.54, 1.807) is 59.6 Å². The van der Waals surface area contributed by atoms with Gasteiger partial charge in [0.2, 0.25) is 11.8 Å². The lowest BCUT2D eigenvalue weighted by molar-refractivity contribution is -0.164. The minimum atomic E-state index is -3.42. The summed E-state index contributed by atoms with van der Waals surface area (Å²) in [5, 5.41) is 3.66. The van der Waals surface area contributed by atoms with Crippen LogP contribution in [0.1, 0.15) is 36.5 Å². The van der Waals surface area contributed by atoms with Crippen LogP contribution >= 0.6 is 22.9 Å². The fraction of sp³-hybridized carbons (Fsp3) is 0.371. The average molecular weight is 683 g/mol. The molecule has 8 nitrogen and oxygen atoms in total. The Bertz CT molecular complexity index is 1810. The number of methoxy groups -OCH3 is 2. The van der Waals surface area contributed by atoms with Crippen LogP contribution in [-0.2, 0) is 38.8 Å². The van der Waals surface area contributed by atoms with E-state index in [1.165, 1.54) is 0 Å². The Labute approximate surface area is 279 Å². The topological polar surface area (TPSA) is 93.2 Å². The number of rotatable bonds is 14. The van der Waals surface area contributed by atoms with E-state index in [0.717, 1.165) is 26.8 Å². The summed E-state index contributed by atoms with van der Waals surface area (Å²) >= 11 is 7.71. The number of amides is 2. The number of halogens is 1. The molecule has 3 aromatic carbocycles. The number of nitrogens with zero attached hydrogens (tertiary/aromatic N) is 2. The second-order valence-electron chi connectivity index (χ2n) is 11.8. The maximum absolute atomic E-state index is 14.2. The highest BCUT2D eigenvalue weighted by molar-refractivity contribution is 7.91. The van der Waals surface area contributed by atoms with E-state index in [-0.39, 0.29) is 49.3 Å². The standard InChI is InChI=1S/C35H39ClN2O6S2/c1-35(16-18-38(35)33(39)21-27-24-45-32-8-5-4-7-30(27)32)34(40)37(23-25-9-12-28(36)13-10-25)17-6-19-46(41,42)20-15-26-11-14-29(43-2)22-31(26)44-3/h4-5,7-14,22,24H,6,15-21,23H2,1-3H3. The first-order valence-electron chi connectivity index (χ1n) is 15.2. The molecule has 5 rings (SSSR count). The molecule has 2 heterocycles. The predicted molar refractivity (Wildman–Crippen MR) is 184 cm³/mol. The molecule has 0 bridgehead atoms. The molecule has 1 aliphatic rings. The molecule has 11 heteroatoms. The first kappa shape index (κ1) is 33.8. The van der Waals surface area contributed by atoms with Crippen LogP contribution in [0.5, 0.6) is 11.5 Å². The Hall–Kier alpha value is -3.60. The predicted octanol–water partition coefficient (Wildman–Crippen LogP) is 6.18. The molecule has 0 spiro atoms. The molecule has 46 heavy (non-hydrogen) atoms. The molecular formula is C35H39ClN2O6S2. The number of fused-ring (bicyclic) bond motifs is 1. The van der Waals surface area contributed by atoms with E-state index in [0.29, 0.717) is 35.9 Å². The van der Waals surface area contributed by atoms with E-state index in [1.807, 2.05) is 54.8 Å². The monoisotopic (exact) mass is 682 g/mol. The number of hydrogen-bond donors (Lipinski definition) is 0. The number of thiophene rings is 1. The average Bonchev–Trinajstić information content (AvgIpc) is 3.45. The molecule has 4 aromatic rings. The molecule has 1 atom stereocenters. The lowest BCUT2D eigenvalue weighted by atomic mass is 9.84. The zero-order valence-electron chi connectivity index (χ0n) is 26.3. The first-order chi connectivity index (χ1) is 22.0. The summed E-state index contributed by atoms with van der Waals surface area (Å²) in [6.45, 7) is 2.84. The van der Waals surface area contributed by atoms with Crippen LogP contribution < -0.4 is 9.47 Å². The number of aryl methyl sites for hydroxylation is 1. The third-order valence-electron chi connectivity index (χ3n) is 8.72. The van der Waals surface area contributed by atoms with E-state index >= 15 is 0 Å². The van der Waals surface area contributed by atoms with Crippen molar-refractivity contribution in [3.63, 3.8) is 0 Å². The molecule has 1 fully saturated rings. The quantitative estimate of drug-likeness (QED) is 0.158. The molecule has 1 aliphatic heterocycles. The molecule has 0 radical (unpaired) electrons. The number of ether oxygens (including phenoxy) is 2. The Kier molecular flexibility index (Phi) is 10.6. The van der Waals surface area contributed by atoms with Gasteiger partial charge in [0.05, 0.1) is 32.1 Å². The van der Waals surface area contributed by atoms with Crippen molar-refractivity contribution in [2.75, 3.05) is 38.8 Å². The summed E-state index contributed by atoms with van der Waals surface area (Å²) in [5.74, 6) is 0.827. The van der Waals surface area contributed by atoms with Crippen molar-refractivity contribution in [3.05, 3.63) is 93.8 Å². The van der Waals surface area contributed by atoms with Crippen LogP contribution in [0.3, 0.4) is 0 Å². The van der Waals surface area contributed by atoms with Gasteiger partial charge in [0, 0.05) is 35.4 Å². The summed E-state index contributed by atoms with van der Waals surface area (Å²) in [4.78, 5) is 31.1. The smallest absolute Gasteiger partial charge is 0.248 e. The van der Waals surface area contributed by atoms with Gasteiger partial charge in [-0.2, -0.15) is 0 Å². The number of benzene rings is 3. The summed E-state index contributed by atoms with van der Waals surface area (Å²) in [6, 6.07) is 20.6. The van der Waals surface area contributed by atoms with Gasteiger partial charge in [0.15, 0.2) is 9.84 Å². The van der Waals surface area contributed by atoms with Gasteiger partial charge in [-0.25, -0.2) is 8.42 Å². The minimum absolute atomic E-state index is 0.0436. The van der Waals surface area contributed by atoms with Gasteiger partial charge in [0.1, 0.15) is 17.0 Å². The zero-order chi connectivity index (χ0) is 32.9. The van der Waals surface area contributed by atoms with Crippen molar-refractivity contribution in [3.8, 4) is 11.5 Å². The third kappa shape index (κ3) is 7.67. The molecule has 1 saturated heterocycles. The van der Waals surface area contributed by atoms with Crippen molar-refractivity contribution in [2.24, 2.45) is 0 Å². The highest BCUT2D eigenvalue weighted by Crippen LogP contribution is 2.35. The maximum Gasteiger partial charge on any atom is 0.248 e. The van der Waals surface area contributed by atoms with Crippen LogP contribution in [0.2, 0.25) is 5.02 Å². The molecule has 0 N–H and O–H groups in total. The molecule has 1 aromatic heterocycles. The number of hydrogen-bond acceptors (Lipinski definition) is 7. The van der Waals surface area contributed by atoms with E-state index in [4.69, 9.17) is 21.1 Å². The number of likely N-dealkylation sites (tertiary alicyclic amines) is 1. The number of carbonyl (C=O) groups is 2. The van der Waals surface area contributed by atoms with Gasteiger partial charge in [-0.1, -0.05) is 48.0 Å². The van der Waals surface area contributed by atoms with Crippen molar-refractivity contribution in [1.82, 2.24) is 9.80 Å². The Morgan fingerprint density at radius 2 is 1.76 bits per heavy atom. The van der Waals surface area contributed by atoms with E-state index < -0.39 is 15.4 Å². The van der Waals surface area contributed by atoms with Crippen molar-refractivity contribution >= 4 is 54.7 Å². The van der Waals surface area contributed by atoms with E-state index in [9.17, 15) is 18.0 Å². The van der Waals surface area contributed by atoms with Gasteiger partial charge in [-0.3, -0.25) is 9.59 Å². The summed E-state index contributed by atoms with van der Waals surface area (Å²) in [7, 11) is -0.319. The SMILES string of the molecule is COc1ccc(CCS(=O)(=O)CCCN(Cc2ccc(Cl)cc2)C(=O)C2(C)CCN2C(=O)Cc2csc3ccccc23)c(OC)c1. The molecule has 0 saturated carbocycles. The number of sulfone groups is 1. The second-order valence-corrected chi connectivity index (χ2v) is 15.4. The fourth-order valence-corrected chi connectivity index (χ4v) is 8.31. The van der Waals surface area contributed by atoms with Crippen molar-refractivity contribution < 1.29 is 27.5 Å². The summed E-state index contributed by atoms with van der Waals surface area (Å²) < 4.78 is 38.0. The van der Waals surface area contributed by atoms with Crippen molar-refractivity contribution in [1.29, 1.82) is 0 Å².